The Labute approximate surface area is 105 Å². The molecule has 2 rings (SSSR count). The minimum atomic E-state index is 0.682. The van der Waals surface area contributed by atoms with E-state index in [1.807, 2.05) is 7.05 Å². The van der Waals surface area contributed by atoms with Gasteiger partial charge in [0, 0.05) is 24.8 Å². The average molecular weight is 232 g/mol. The van der Waals surface area contributed by atoms with Gasteiger partial charge in [0.25, 0.3) is 0 Å². The Morgan fingerprint density at radius 1 is 1.18 bits per heavy atom. The van der Waals surface area contributed by atoms with Crippen LogP contribution in [0.3, 0.4) is 0 Å². The van der Waals surface area contributed by atoms with Gasteiger partial charge in [-0.05, 0) is 50.4 Å². The normalized spacial score (nSPS) is 25.0. The molecular weight excluding hydrogens is 208 g/mol. The number of anilines is 1. The maximum atomic E-state index is 3.19. The topological polar surface area (TPSA) is 15.3 Å². The Morgan fingerprint density at radius 2 is 1.88 bits per heavy atom. The second kappa shape index (κ2) is 5.54. The van der Waals surface area contributed by atoms with E-state index in [1.54, 1.807) is 0 Å². The van der Waals surface area contributed by atoms with E-state index in [9.17, 15) is 0 Å². The van der Waals surface area contributed by atoms with Crippen LogP contribution in [0.15, 0.2) is 24.3 Å². The maximum Gasteiger partial charge on any atom is 0.0368 e. The standard InChI is InChI=1S/C15H24N2/c1-12-4-5-13(2)17(11-12)15-8-6-14(7-9-15)10-16-3/h6-9,12-13,16H,4-5,10-11H2,1-3H3. The van der Waals surface area contributed by atoms with Crippen molar-refractivity contribution < 1.29 is 0 Å². The molecule has 17 heavy (non-hydrogen) atoms. The van der Waals surface area contributed by atoms with Crippen molar-refractivity contribution >= 4 is 5.69 Å². The van der Waals surface area contributed by atoms with Crippen molar-refractivity contribution in [1.29, 1.82) is 0 Å². The Hall–Kier alpha value is -1.02. The molecular formula is C15H24N2. The summed E-state index contributed by atoms with van der Waals surface area (Å²) >= 11 is 0. The Kier molecular flexibility index (Phi) is 4.06. The van der Waals surface area contributed by atoms with Crippen LogP contribution >= 0.6 is 0 Å². The quantitative estimate of drug-likeness (QED) is 0.861. The molecule has 1 heterocycles. The van der Waals surface area contributed by atoms with E-state index in [2.05, 4.69) is 48.3 Å². The maximum absolute atomic E-state index is 3.19. The number of benzene rings is 1. The van der Waals surface area contributed by atoms with Gasteiger partial charge in [-0.1, -0.05) is 19.1 Å². The van der Waals surface area contributed by atoms with Crippen molar-refractivity contribution in [2.45, 2.75) is 39.3 Å². The monoisotopic (exact) mass is 232 g/mol. The zero-order valence-corrected chi connectivity index (χ0v) is 11.2. The molecule has 0 bridgehead atoms. The largest absolute Gasteiger partial charge is 0.369 e. The van der Waals surface area contributed by atoms with Crippen LogP contribution in [0.4, 0.5) is 5.69 Å². The summed E-state index contributed by atoms with van der Waals surface area (Å²) in [4.78, 5) is 2.55. The van der Waals surface area contributed by atoms with Gasteiger partial charge in [0.2, 0.25) is 0 Å². The fourth-order valence-corrected chi connectivity index (χ4v) is 2.66. The first-order chi connectivity index (χ1) is 8.20. The van der Waals surface area contributed by atoms with Crippen molar-refractivity contribution in [2.24, 2.45) is 5.92 Å². The Balaban J connectivity index is 2.10. The fourth-order valence-electron chi connectivity index (χ4n) is 2.66. The van der Waals surface area contributed by atoms with E-state index >= 15 is 0 Å². The lowest BCUT2D eigenvalue weighted by atomic mass is 9.94. The second-order valence-electron chi connectivity index (χ2n) is 5.38. The molecule has 0 radical (unpaired) electrons. The number of rotatable bonds is 3. The lowest BCUT2D eigenvalue weighted by Crippen LogP contribution is -2.41. The Bertz CT molecular complexity index is 344. The summed E-state index contributed by atoms with van der Waals surface area (Å²) in [5, 5.41) is 3.19. The first-order valence-electron chi connectivity index (χ1n) is 6.71. The second-order valence-corrected chi connectivity index (χ2v) is 5.38. The highest BCUT2D eigenvalue weighted by Crippen LogP contribution is 2.27. The van der Waals surface area contributed by atoms with E-state index in [4.69, 9.17) is 0 Å². The van der Waals surface area contributed by atoms with Crippen LogP contribution < -0.4 is 10.2 Å². The van der Waals surface area contributed by atoms with Gasteiger partial charge in [0.15, 0.2) is 0 Å². The molecule has 0 spiro atoms. The van der Waals surface area contributed by atoms with Crippen LogP contribution in [-0.4, -0.2) is 19.6 Å². The zero-order chi connectivity index (χ0) is 12.3. The first kappa shape index (κ1) is 12.4. The molecule has 1 aromatic carbocycles. The predicted molar refractivity (Wildman–Crippen MR) is 74.4 cm³/mol. The van der Waals surface area contributed by atoms with Crippen molar-refractivity contribution in [2.75, 3.05) is 18.5 Å². The fraction of sp³-hybridized carbons (Fsp3) is 0.600. The SMILES string of the molecule is CNCc1ccc(N2CC(C)CCC2C)cc1. The molecule has 1 N–H and O–H groups in total. The van der Waals surface area contributed by atoms with Crippen LogP contribution in [0, 0.1) is 5.92 Å². The summed E-state index contributed by atoms with van der Waals surface area (Å²) in [7, 11) is 1.99. The van der Waals surface area contributed by atoms with Crippen LogP contribution in [0.5, 0.6) is 0 Å². The Morgan fingerprint density at radius 3 is 2.53 bits per heavy atom. The van der Waals surface area contributed by atoms with Crippen LogP contribution in [0.1, 0.15) is 32.3 Å². The average Bonchev–Trinajstić information content (AvgIpc) is 2.34. The number of nitrogens with zero attached hydrogens (tertiary/aromatic N) is 1. The molecule has 0 saturated carbocycles. The highest BCUT2D eigenvalue weighted by molar-refractivity contribution is 5.49. The molecule has 94 valence electrons. The van der Waals surface area contributed by atoms with Crippen LogP contribution in [0.25, 0.3) is 0 Å². The van der Waals surface area contributed by atoms with Gasteiger partial charge in [0.05, 0.1) is 0 Å². The van der Waals surface area contributed by atoms with E-state index in [0.717, 1.165) is 12.5 Å². The molecule has 1 aromatic rings. The van der Waals surface area contributed by atoms with E-state index in [-0.39, 0.29) is 0 Å². The van der Waals surface area contributed by atoms with Gasteiger partial charge in [0.1, 0.15) is 0 Å². The van der Waals surface area contributed by atoms with E-state index < -0.39 is 0 Å². The summed E-state index contributed by atoms with van der Waals surface area (Å²) in [6, 6.07) is 9.68. The predicted octanol–water partition coefficient (Wildman–Crippen LogP) is 3.03. The van der Waals surface area contributed by atoms with Crippen molar-refractivity contribution in [1.82, 2.24) is 5.32 Å². The summed E-state index contributed by atoms with van der Waals surface area (Å²) in [6.07, 6.45) is 2.69. The lowest BCUT2D eigenvalue weighted by Gasteiger charge is -2.38. The number of piperidine rings is 1. The molecule has 1 aliphatic rings. The van der Waals surface area contributed by atoms with Crippen molar-refractivity contribution in [3.05, 3.63) is 29.8 Å². The van der Waals surface area contributed by atoms with Crippen molar-refractivity contribution in [3.8, 4) is 0 Å². The van der Waals surface area contributed by atoms with Gasteiger partial charge in [-0.25, -0.2) is 0 Å². The summed E-state index contributed by atoms with van der Waals surface area (Å²) in [5.41, 5.74) is 2.73. The molecule has 2 nitrogen and oxygen atoms in total. The molecule has 0 aromatic heterocycles. The summed E-state index contributed by atoms with van der Waals surface area (Å²) < 4.78 is 0. The van der Waals surface area contributed by atoms with Crippen molar-refractivity contribution in [3.63, 3.8) is 0 Å². The molecule has 2 unspecified atom stereocenters. The molecule has 2 heteroatoms. The molecule has 0 amide bonds. The smallest absolute Gasteiger partial charge is 0.0368 e. The molecule has 0 aliphatic carbocycles. The number of nitrogens with one attached hydrogen (secondary N) is 1. The highest BCUT2D eigenvalue weighted by Gasteiger charge is 2.22. The van der Waals surface area contributed by atoms with Crippen LogP contribution in [0.2, 0.25) is 0 Å². The van der Waals surface area contributed by atoms with Gasteiger partial charge < -0.3 is 10.2 Å². The van der Waals surface area contributed by atoms with E-state index in [1.165, 1.54) is 30.6 Å². The highest BCUT2D eigenvalue weighted by atomic mass is 15.2. The van der Waals surface area contributed by atoms with Gasteiger partial charge in [-0.15, -0.1) is 0 Å². The summed E-state index contributed by atoms with van der Waals surface area (Å²) in [6.45, 7) is 6.85. The van der Waals surface area contributed by atoms with Gasteiger partial charge >= 0.3 is 0 Å². The number of hydrogen-bond donors (Lipinski definition) is 1. The number of hydrogen-bond acceptors (Lipinski definition) is 2. The van der Waals surface area contributed by atoms with E-state index in [0.29, 0.717) is 6.04 Å². The molecule has 2 atom stereocenters. The third-order valence-corrected chi connectivity index (χ3v) is 3.77. The zero-order valence-electron chi connectivity index (χ0n) is 11.2. The van der Waals surface area contributed by atoms with Gasteiger partial charge in [-0.3, -0.25) is 0 Å². The molecule has 1 fully saturated rings. The minimum Gasteiger partial charge on any atom is -0.369 e. The summed E-state index contributed by atoms with van der Waals surface area (Å²) in [5.74, 6) is 0.822. The third kappa shape index (κ3) is 3.01. The molecule has 1 saturated heterocycles. The van der Waals surface area contributed by atoms with Gasteiger partial charge in [-0.2, -0.15) is 0 Å². The minimum absolute atomic E-state index is 0.682. The van der Waals surface area contributed by atoms with Crippen LogP contribution in [-0.2, 0) is 6.54 Å². The third-order valence-electron chi connectivity index (χ3n) is 3.77. The lowest BCUT2D eigenvalue weighted by molar-refractivity contribution is 0.390. The molecule has 1 aliphatic heterocycles. The first-order valence-corrected chi connectivity index (χ1v) is 6.71.